The molecule has 0 radical (unpaired) electrons. The lowest BCUT2D eigenvalue weighted by Gasteiger charge is -1.99. The quantitative estimate of drug-likeness (QED) is 0.595. The van der Waals surface area contributed by atoms with Crippen LogP contribution in [0.25, 0.3) is 0 Å². The highest BCUT2D eigenvalue weighted by Gasteiger charge is 1.92. The number of carbonyl (C=O) groups excluding carboxylic acids is 1. The van der Waals surface area contributed by atoms with Crippen LogP contribution >= 0.6 is 0 Å². The van der Waals surface area contributed by atoms with Crippen LogP contribution in [0.4, 0.5) is 0 Å². The zero-order valence-corrected chi connectivity index (χ0v) is 6.19. The fraction of sp³-hybridized carbons (Fsp3) is 0.600. The summed E-state index contributed by atoms with van der Waals surface area (Å²) >= 11 is 0. The first-order valence-electron chi connectivity index (χ1n) is 3.24. The van der Waals surface area contributed by atoms with Crippen LogP contribution in [-0.2, 0) is 11.3 Å². The third kappa shape index (κ3) is 2.74. The average molecular weight is 155 g/mol. The van der Waals surface area contributed by atoms with Gasteiger partial charge in [-0.3, -0.25) is 4.79 Å². The zero-order chi connectivity index (χ0) is 8.10. The number of nitrogens with one attached hydrogen (secondary N) is 1. The van der Waals surface area contributed by atoms with E-state index in [-0.39, 0.29) is 5.91 Å². The van der Waals surface area contributed by atoms with Gasteiger partial charge >= 0.3 is 0 Å². The molecule has 0 bridgehead atoms. The van der Waals surface area contributed by atoms with E-state index in [1.54, 1.807) is 4.68 Å². The van der Waals surface area contributed by atoms with Gasteiger partial charge in [0, 0.05) is 13.5 Å². The van der Waals surface area contributed by atoms with E-state index in [0.717, 1.165) is 0 Å². The summed E-state index contributed by atoms with van der Waals surface area (Å²) in [6, 6.07) is 0. The molecule has 1 N–H and O–H groups in total. The molecule has 1 rings (SSSR count). The van der Waals surface area contributed by atoms with E-state index >= 15 is 0 Å². The molecule has 60 valence electrons. The highest BCUT2D eigenvalue weighted by molar-refractivity contribution is 5.72. The van der Waals surface area contributed by atoms with Crippen molar-refractivity contribution in [1.82, 2.24) is 25.5 Å². The minimum absolute atomic E-state index is 0.0434. The predicted molar refractivity (Wildman–Crippen MR) is 36.5 cm³/mol. The van der Waals surface area contributed by atoms with Gasteiger partial charge in [0.1, 0.15) is 6.33 Å². The largest absolute Gasteiger partial charge is 0.354 e. The van der Waals surface area contributed by atoms with Crippen LogP contribution in [-0.4, -0.2) is 32.7 Å². The van der Waals surface area contributed by atoms with Crippen molar-refractivity contribution in [2.24, 2.45) is 0 Å². The fourth-order valence-corrected chi connectivity index (χ4v) is 0.629. The Bertz CT molecular complexity index is 219. The van der Waals surface area contributed by atoms with Crippen LogP contribution in [0.5, 0.6) is 0 Å². The first kappa shape index (κ1) is 7.64. The van der Waals surface area contributed by atoms with Gasteiger partial charge < -0.3 is 5.32 Å². The predicted octanol–water partition coefficient (Wildman–Crippen LogP) is -1.19. The summed E-state index contributed by atoms with van der Waals surface area (Å²) in [5, 5.41) is 13.1. The first-order chi connectivity index (χ1) is 5.29. The summed E-state index contributed by atoms with van der Waals surface area (Å²) in [6.07, 6.45) is 1.50. The lowest BCUT2D eigenvalue weighted by Crippen LogP contribution is -2.24. The van der Waals surface area contributed by atoms with Gasteiger partial charge in [-0.1, -0.05) is 0 Å². The Labute approximate surface area is 63.6 Å². The minimum Gasteiger partial charge on any atom is -0.354 e. The highest BCUT2D eigenvalue weighted by atomic mass is 16.1. The number of aromatic nitrogens is 4. The van der Waals surface area contributed by atoms with Crippen molar-refractivity contribution in [3.05, 3.63) is 6.33 Å². The van der Waals surface area contributed by atoms with Crippen molar-refractivity contribution in [2.45, 2.75) is 13.5 Å². The van der Waals surface area contributed by atoms with Crippen molar-refractivity contribution in [1.29, 1.82) is 0 Å². The topological polar surface area (TPSA) is 72.7 Å². The Kier molecular flexibility index (Phi) is 2.53. The van der Waals surface area contributed by atoms with Crippen molar-refractivity contribution in [3.63, 3.8) is 0 Å². The lowest BCUT2D eigenvalue weighted by molar-refractivity contribution is -0.118. The molecule has 0 aliphatic carbocycles. The van der Waals surface area contributed by atoms with E-state index < -0.39 is 0 Å². The summed E-state index contributed by atoms with van der Waals surface area (Å²) < 4.78 is 1.55. The second-order valence-electron chi connectivity index (χ2n) is 2.06. The molecule has 11 heavy (non-hydrogen) atoms. The molecule has 1 aromatic heterocycles. The molecule has 1 aromatic rings. The number of hydrogen-bond acceptors (Lipinski definition) is 4. The van der Waals surface area contributed by atoms with E-state index in [2.05, 4.69) is 20.8 Å². The molecule has 1 heterocycles. The summed E-state index contributed by atoms with van der Waals surface area (Å²) in [5.74, 6) is -0.0434. The SMILES string of the molecule is CC(=O)NCCn1cnnn1. The average Bonchev–Trinajstić information content (AvgIpc) is 2.39. The van der Waals surface area contributed by atoms with Gasteiger partial charge in [-0.05, 0) is 10.4 Å². The Hall–Kier alpha value is -1.46. The molecule has 0 aromatic carbocycles. The Morgan fingerprint density at radius 3 is 3.09 bits per heavy atom. The molecule has 0 aliphatic rings. The fourth-order valence-electron chi connectivity index (χ4n) is 0.629. The van der Waals surface area contributed by atoms with E-state index in [9.17, 15) is 4.79 Å². The molecular formula is C5H9N5O. The van der Waals surface area contributed by atoms with Crippen molar-refractivity contribution in [3.8, 4) is 0 Å². The number of carbonyl (C=O) groups is 1. The maximum absolute atomic E-state index is 10.4. The van der Waals surface area contributed by atoms with Gasteiger partial charge in [0.05, 0.1) is 6.54 Å². The van der Waals surface area contributed by atoms with Gasteiger partial charge in [0.2, 0.25) is 5.91 Å². The number of hydrogen-bond donors (Lipinski definition) is 1. The zero-order valence-electron chi connectivity index (χ0n) is 6.19. The molecule has 0 aliphatic heterocycles. The Morgan fingerprint density at radius 2 is 2.55 bits per heavy atom. The molecule has 0 saturated carbocycles. The van der Waals surface area contributed by atoms with Crippen molar-refractivity contribution in [2.75, 3.05) is 6.54 Å². The molecule has 0 atom stereocenters. The van der Waals surface area contributed by atoms with Crippen molar-refractivity contribution >= 4 is 5.91 Å². The van der Waals surface area contributed by atoms with E-state index in [1.807, 2.05) is 0 Å². The smallest absolute Gasteiger partial charge is 0.216 e. The van der Waals surface area contributed by atoms with E-state index in [4.69, 9.17) is 0 Å². The maximum atomic E-state index is 10.4. The van der Waals surface area contributed by atoms with Crippen molar-refractivity contribution < 1.29 is 4.79 Å². The molecular weight excluding hydrogens is 146 g/mol. The number of nitrogens with zero attached hydrogens (tertiary/aromatic N) is 4. The van der Waals surface area contributed by atoms with Gasteiger partial charge in [0.25, 0.3) is 0 Å². The Morgan fingerprint density at radius 1 is 1.73 bits per heavy atom. The third-order valence-corrected chi connectivity index (χ3v) is 1.11. The third-order valence-electron chi connectivity index (χ3n) is 1.11. The molecule has 0 spiro atoms. The van der Waals surface area contributed by atoms with Crippen LogP contribution in [0.1, 0.15) is 6.92 Å². The summed E-state index contributed by atoms with van der Waals surface area (Å²) in [7, 11) is 0. The minimum atomic E-state index is -0.0434. The molecule has 1 amide bonds. The molecule has 6 heteroatoms. The normalized spacial score (nSPS) is 9.55. The first-order valence-corrected chi connectivity index (χ1v) is 3.24. The number of rotatable bonds is 3. The van der Waals surface area contributed by atoms with E-state index in [0.29, 0.717) is 13.1 Å². The monoisotopic (exact) mass is 155 g/mol. The number of amides is 1. The summed E-state index contributed by atoms with van der Waals surface area (Å²) in [6.45, 7) is 2.63. The van der Waals surface area contributed by atoms with Crippen LogP contribution in [0.3, 0.4) is 0 Å². The van der Waals surface area contributed by atoms with Crippen LogP contribution in [0.15, 0.2) is 6.33 Å². The van der Waals surface area contributed by atoms with Crippen LogP contribution < -0.4 is 5.32 Å². The molecule has 6 nitrogen and oxygen atoms in total. The Balaban J connectivity index is 2.19. The molecule has 0 fully saturated rings. The van der Waals surface area contributed by atoms with Crippen LogP contribution in [0.2, 0.25) is 0 Å². The number of tetrazole rings is 1. The summed E-state index contributed by atoms with van der Waals surface area (Å²) in [4.78, 5) is 10.4. The second-order valence-corrected chi connectivity index (χ2v) is 2.06. The standard InChI is InChI=1S/C5H9N5O/c1-5(11)6-2-3-10-4-7-8-9-10/h4H,2-3H2,1H3,(H,6,11). The lowest BCUT2D eigenvalue weighted by atomic mass is 10.6. The highest BCUT2D eigenvalue weighted by Crippen LogP contribution is 1.74. The van der Waals surface area contributed by atoms with Gasteiger partial charge in [-0.15, -0.1) is 5.10 Å². The van der Waals surface area contributed by atoms with Gasteiger partial charge in [-0.25, -0.2) is 4.68 Å². The van der Waals surface area contributed by atoms with Gasteiger partial charge in [0.15, 0.2) is 0 Å². The summed E-state index contributed by atoms with van der Waals surface area (Å²) in [5.41, 5.74) is 0. The maximum Gasteiger partial charge on any atom is 0.216 e. The molecule has 0 unspecified atom stereocenters. The van der Waals surface area contributed by atoms with E-state index in [1.165, 1.54) is 13.3 Å². The van der Waals surface area contributed by atoms with Gasteiger partial charge in [-0.2, -0.15) is 0 Å². The van der Waals surface area contributed by atoms with Crippen LogP contribution in [0, 0.1) is 0 Å². The molecule has 0 saturated heterocycles. The second kappa shape index (κ2) is 3.65.